The molecule has 0 unspecified atom stereocenters. The number of unbranched alkanes of at least 4 members (excludes halogenated alkanes) is 1. The summed E-state index contributed by atoms with van der Waals surface area (Å²) in [6.07, 6.45) is 6.09. The molecule has 104 valence electrons. The second-order valence-electron chi connectivity index (χ2n) is 4.66. The summed E-state index contributed by atoms with van der Waals surface area (Å²) in [6, 6.07) is 3.42. The maximum absolute atomic E-state index is 12.2. The van der Waals surface area contributed by atoms with E-state index in [1.807, 2.05) is 0 Å². The fraction of sp³-hybridized carbons (Fsp3) is 0.357. The first-order valence-corrected chi connectivity index (χ1v) is 6.66. The highest BCUT2D eigenvalue weighted by Gasteiger charge is 2.10. The first-order chi connectivity index (χ1) is 9.78. The van der Waals surface area contributed by atoms with Crippen LogP contribution in [0.1, 0.15) is 31.5 Å². The predicted molar refractivity (Wildman–Crippen MR) is 72.5 cm³/mol. The molecule has 0 bridgehead atoms. The van der Waals surface area contributed by atoms with Crippen LogP contribution in [0.15, 0.2) is 38.3 Å². The summed E-state index contributed by atoms with van der Waals surface area (Å²) < 4.78 is 11.9. The van der Waals surface area contributed by atoms with E-state index in [4.69, 9.17) is 8.94 Å². The van der Waals surface area contributed by atoms with E-state index < -0.39 is 0 Å². The van der Waals surface area contributed by atoms with E-state index in [1.54, 1.807) is 18.3 Å². The molecule has 0 saturated carbocycles. The average molecular weight is 273 g/mol. The van der Waals surface area contributed by atoms with Gasteiger partial charge in [0.2, 0.25) is 5.89 Å². The van der Waals surface area contributed by atoms with Gasteiger partial charge in [-0.2, -0.15) is 4.98 Å². The maximum Gasteiger partial charge on any atom is 0.262 e. The number of hydrogen-bond donors (Lipinski definition) is 0. The quantitative estimate of drug-likeness (QED) is 0.713. The summed E-state index contributed by atoms with van der Waals surface area (Å²) >= 11 is 0. The van der Waals surface area contributed by atoms with Gasteiger partial charge in [-0.05, 0) is 18.6 Å². The van der Waals surface area contributed by atoms with Crippen molar-refractivity contribution in [3.05, 3.63) is 46.7 Å². The fourth-order valence-corrected chi connectivity index (χ4v) is 2.07. The molecule has 3 aromatic heterocycles. The molecule has 6 nitrogen and oxygen atoms in total. The van der Waals surface area contributed by atoms with Gasteiger partial charge in [0.1, 0.15) is 12.1 Å². The molecule has 0 atom stereocenters. The second-order valence-corrected chi connectivity index (χ2v) is 4.66. The lowest BCUT2D eigenvalue weighted by atomic mass is 10.2. The van der Waals surface area contributed by atoms with Crippen LogP contribution in [0.3, 0.4) is 0 Å². The summed E-state index contributed by atoms with van der Waals surface area (Å²) in [5.41, 5.74) is 0.463. The van der Waals surface area contributed by atoms with Crippen molar-refractivity contribution in [1.82, 2.24) is 14.7 Å². The van der Waals surface area contributed by atoms with Crippen LogP contribution in [0.5, 0.6) is 0 Å². The van der Waals surface area contributed by atoms with Gasteiger partial charge >= 0.3 is 0 Å². The summed E-state index contributed by atoms with van der Waals surface area (Å²) in [7, 11) is 0. The van der Waals surface area contributed by atoms with Crippen LogP contribution < -0.4 is 5.56 Å². The number of hydrogen-bond acceptors (Lipinski definition) is 5. The minimum atomic E-state index is -0.121. The van der Waals surface area contributed by atoms with Crippen LogP contribution in [0.2, 0.25) is 0 Å². The van der Waals surface area contributed by atoms with E-state index in [9.17, 15) is 4.79 Å². The van der Waals surface area contributed by atoms with Gasteiger partial charge in [-0.1, -0.05) is 18.5 Å². The third kappa shape index (κ3) is 2.36. The Kier molecular flexibility index (Phi) is 3.37. The Bertz CT molecular complexity index is 769. The lowest BCUT2D eigenvalue weighted by Crippen LogP contribution is -2.19. The SMILES string of the molecule is CCCCc1noc(Cn2ccc3occc3c2=O)n1. The minimum absolute atomic E-state index is 0.121. The van der Waals surface area contributed by atoms with Crippen LogP contribution in [0.25, 0.3) is 11.0 Å². The van der Waals surface area contributed by atoms with Crippen molar-refractivity contribution < 1.29 is 8.94 Å². The zero-order valence-electron chi connectivity index (χ0n) is 11.2. The molecule has 3 aromatic rings. The molecular weight excluding hydrogens is 258 g/mol. The van der Waals surface area contributed by atoms with Crippen molar-refractivity contribution in [3.63, 3.8) is 0 Å². The van der Waals surface area contributed by atoms with Crippen molar-refractivity contribution in [2.24, 2.45) is 0 Å². The zero-order chi connectivity index (χ0) is 13.9. The van der Waals surface area contributed by atoms with E-state index in [2.05, 4.69) is 17.1 Å². The van der Waals surface area contributed by atoms with E-state index >= 15 is 0 Å². The van der Waals surface area contributed by atoms with E-state index in [0.29, 0.717) is 22.7 Å². The highest BCUT2D eigenvalue weighted by molar-refractivity contribution is 5.75. The number of fused-ring (bicyclic) bond motifs is 1. The second kappa shape index (κ2) is 5.32. The topological polar surface area (TPSA) is 74.1 Å². The van der Waals surface area contributed by atoms with Gasteiger partial charge < -0.3 is 13.5 Å². The van der Waals surface area contributed by atoms with Crippen LogP contribution in [0.4, 0.5) is 0 Å². The van der Waals surface area contributed by atoms with Crippen molar-refractivity contribution in [2.75, 3.05) is 0 Å². The average Bonchev–Trinajstić information content (AvgIpc) is 3.09. The number of nitrogens with zero attached hydrogens (tertiary/aromatic N) is 3. The smallest absolute Gasteiger partial charge is 0.262 e. The van der Waals surface area contributed by atoms with E-state index in [-0.39, 0.29) is 12.1 Å². The minimum Gasteiger partial charge on any atom is -0.464 e. The number of aromatic nitrogens is 3. The largest absolute Gasteiger partial charge is 0.464 e. The molecule has 0 radical (unpaired) electrons. The summed E-state index contributed by atoms with van der Waals surface area (Å²) in [5, 5.41) is 4.47. The Labute approximate surface area is 115 Å². The van der Waals surface area contributed by atoms with Crippen molar-refractivity contribution in [2.45, 2.75) is 32.7 Å². The Morgan fingerprint density at radius 1 is 1.35 bits per heavy atom. The maximum atomic E-state index is 12.2. The van der Waals surface area contributed by atoms with E-state index in [1.165, 1.54) is 10.8 Å². The van der Waals surface area contributed by atoms with E-state index in [0.717, 1.165) is 19.3 Å². The number of furan rings is 1. The molecule has 0 N–H and O–H groups in total. The molecule has 0 amide bonds. The van der Waals surface area contributed by atoms with Gasteiger partial charge in [0.25, 0.3) is 5.56 Å². The predicted octanol–water partition coefficient (Wildman–Crippen LogP) is 2.37. The number of rotatable bonds is 5. The molecule has 3 heterocycles. The third-order valence-corrected chi connectivity index (χ3v) is 3.16. The highest BCUT2D eigenvalue weighted by atomic mass is 16.5. The Hall–Kier alpha value is -2.37. The van der Waals surface area contributed by atoms with Crippen LogP contribution in [-0.4, -0.2) is 14.7 Å². The molecule has 0 aliphatic heterocycles. The normalized spacial score (nSPS) is 11.2. The Balaban J connectivity index is 1.83. The number of pyridine rings is 1. The Morgan fingerprint density at radius 3 is 3.10 bits per heavy atom. The molecule has 0 aliphatic carbocycles. The highest BCUT2D eigenvalue weighted by Crippen LogP contribution is 2.10. The molecule has 20 heavy (non-hydrogen) atoms. The standard InChI is InChI=1S/C14H15N3O3/c1-2-3-4-12-15-13(20-16-12)9-17-7-5-11-10(14(17)18)6-8-19-11/h5-8H,2-4,9H2,1H3. The first-order valence-electron chi connectivity index (χ1n) is 6.66. The first kappa shape index (κ1) is 12.7. The van der Waals surface area contributed by atoms with Crippen LogP contribution in [-0.2, 0) is 13.0 Å². The molecule has 0 saturated heterocycles. The molecule has 3 rings (SSSR count). The third-order valence-electron chi connectivity index (χ3n) is 3.16. The lowest BCUT2D eigenvalue weighted by Gasteiger charge is -2.00. The number of aryl methyl sites for hydroxylation is 1. The lowest BCUT2D eigenvalue weighted by molar-refractivity contribution is 0.364. The molecular formula is C14H15N3O3. The van der Waals surface area contributed by atoms with Crippen LogP contribution in [0, 0.1) is 0 Å². The molecule has 6 heteroatoms. The van der Waals surface area contributed by atoms with Crippen molar-refractivity contribution in [3.8, 4) is 0 Å². The van der Waals surface area contributed by atoms with Gasteiger partial charge in [-0.15, -0.1) is 0 Å². The summed E-state index contributed by atoms with van der Waals surface area (Å²) in [6.45, 7) is 2.39. The van der Waals surface area contributed by atoms with Crippen molar-refractivity contribution in [1.29, 1.82) is 0 Å². The monoisotopic (exact) mass is 273 g/mol. The Morgan fingerprint density at radius 2 is 2.25 bits per heavy atom. The molecule has 0 spiro atoms. The molecule has 0 fully saturated rings. The van der Waals surface area contributed by atoms with Gasteiger partial charge in [-0.25, -0.2) is 0 Å². The van der Waals surface area contributed by atoms with Crippen LogP contribution >= 0.6 is 0 Å². The van der Waals surface area contributed by atoms with Crippen molar-refractivity contribution >= 4 is 11.0 Å². The van der Waals surface area contributed by atoms with Gasteiger partial charge in [0.05, 0.1) is 11.6 Å². The summed E-state index contributed by atoms with van der Waals surface area (Å²) in [4.78, 5) is 16.5. The van der Waals surface area contributed by atoms with Gasteiger partial charge in [0.15, 0.2) is 5.82 Å². The zero-order valence-corrected chi connectivity index (χ0v) is 11.2. The summed E-state index contributed by atoms with van der Waals surface area (Å²) in [5.74, 6) is 1.14. The molecule has 0 aliphatic rings. The van der Waals surface area contributed by atoms with Gasteiger partial charge in [0, 0.05) is 12.6 Å². The van der Waals surface area contributed by atoms with Gasteiger partial charge in [-0.3, -0.25) is 4.79 Å². The molecule has 0 aromatic carbocycles. The fourth-order valence-electron chi connectivity index (χ4n) is 2.07.